The van der Waals surface area contributed by atoms with Crippen LogP contribution in [-0.2, 0) is 4.79 Å². The Morgan fingerprint density at radius 1 is 0.818 bits per heavy atom. The van der Waals surface area contributed by atoms with Crippen molar-refractivity contribution in [2.75, 3.05) is 0 Å². The topological polar surface area (TPSA) is 37.3 Å². The summed E-state index contributed by atoms with van der Waals surface area (Å²) in [5.41, 5.74) is -1.40. The standard InChI is InChI=1S/C11H11F9O2/c1-7(2,3)5(21)4-6(22)8(12,13)9(14,15)10(16,17)11(18,19)20/h4,21H,1-3H3/b5-4-. The fourth-order valence-electron chi connectivity index (χ4n) is 0.961. The first-order valence-corrected chi connectivity index (χ1v) is 5.46. The summed E-state index contributed by atoms with van der Waals surface area (Å²) in [6.07, 6.45) is -7.50. The molecule has 0 unspecified atom stereocenters. The van der Waals surface area contributed by atoms with Crippen molar-refractivity contribution in [1.82, 2.24) is 0 Å². The van der Waals surface area contributed by atoms with Gasteiger partial charge in [-0.25, -0.2) is 0 Å². The molecule has 0 aliphatic heterocycles. The maximum Gasteiger partial charge on any atom is 0.460 e. The highest BCUT2D eigenvalue weighted by molar-refractivity contribution is 5.97. The van der Waals surface area contributed by atoms with E-state index < -0.39 is 47.0 Å². The molecule has 0 aromatic rings. The van der Waals surface area contributed by atoms with Crippen LogP contribution in [0, 0.1) is 5.41 Å². The Morgan fingerprint density at radius 3 is 1.45 bits per heavy atom. The van der Waals surface area contributed by atoms with Gasteiger partial charge in [0, 0.05) is 11.5 Å². The number of aliphatic hydroxyl groups is 1. The third-order valence-electron chi connectivity index (χ3n) is 2.49. The molecule has 130 valence electrons. The summed E-state index contributed by atoms with van der Waals surface area (Å²) < 4.78 is 113. The maximum absolute atomic E-state index is 13.1. The van der Waals surface area contributed by atoms with Gasteiger partial charge in [0.2, 0.25) is 5.78 Å². The molecule has 0 rings (SSSR count). The van der Waals surface area contributed by atoms with Gasteiger partial charge in [-0.2, -0.15) is 39.5 Å². The van der Waals surface area contributed by atoms with E-state index in [0.29, 0.717) is 0 Å². The Bertz CT molecular complexity index is 469. The van der Waals surface area contributed by atoms with Crippen molar-refractivity contribution >= 4 is 5.78 Å². The molecule has 0 amide bonds. The molecule has 0 atom stereocenters. The van der Waals surface area contributed by atoms with Crippen LogP contribution in [0.4, 0.5) is 39.5 Å². The third-order valence-corrected chi connectivity index (χ3v) is 2.49. The van der Waals surface area contributed by atoms with Crippen LogP contribution < -0.4 is 0 Å². The summed E-state index contributed by atoms with van der Waals surface area (Å²) in [5, 5.41) is 9.20. The number of alkyl halides is 9. The molecule has 0 saturated heterocycles. The summed E-state index contributed by atoms with van der Waals surface area (Å²) in [7, 11) is 0. The van der Waals surface area contributed by atoms with Gasteiger partial charge in [0.05, 0.1) is 0 Å². The quantitative estimate of drug-likeness (QED) is 0.462. The Labute approximate surface area is 118 Å². The number of ketones is 1. The molecule has 0 heterocycles. The molecule has 0 aromatic heterocycles. The van der Waals surface area contributed by atoms with Crippen molar-refractivity contribution in [2.24, 2.45) is 5.41 Å². The smallest absolute Gasteiger partial charge is 0.460 e. The summed E-state index contributed by atoms with van der Waals surface area (Å²) in [4.78, 5) is 11.0. The molecule has 0 aliphatic rings. The van der Waals surface area contributed by atoms with E-state index in [1.165, 1.54) is 0 Å². The van der Waals surface area contributed by atoms with Gasteiger partial charge >= 0.3 is 23.9 Å². The molecule has 11 heteroatoms. The molecule has 0 saturated carbocycles. The van der Waals surface area contributed by atoms with Crippen LogP contribution in [0.3, 0.4) is 0 Å². The van der Waals surface area contributed by atoms with Crippen molar-refractivity contribution in [1.29, 1.82) is 0 Å². The second-order valence-corrected chi connectivity index (χ2v) is 5.36. The monoisotopic (exact) mass is 346 g/mol. The Kier molecular flexibility index (Phi) is 4.99. The van der Waals surface area contributed by atoms with Crippen LogP contribution in [-0.4, -0.2) is 34.8 Å². The van der Waals surface area contributed by atoms with Gasteiger partial charge in [-0.05, 0) is 0 Å². The van der Waals surface area contributed by atoms with Crippen molar-refractivity contribution in [3.63, 3.8) is 0 Å². The minimum atomic E-state index is -7.15. The van der Waals surface area contributed by atoms with Crippen LogP contribution in [0.15, 0.2) is 11.8 Å². The lowest BCUT2D eigenvalue weighted by Crippen LogP contribution is -2.63. The molecule has 0 bridgehead atoms. The number of hydrogen-bond donors (Lipinski definition) is 1. The largest absolute Gasteiger partial charge is 0.512 e. The Morgan fingerprint density at radius 2 is 1.18 bits per heavy atom. The van der Waals surface area contributed by atoms with Crippen LogP contribution in [0.2, 0.25) is 0 Å². The number of rotatable bonds is 4. The molecule has 0 aromatic carbocycles. The van der Waals surface area contributed by atoms with Crippen LogP contribution >= 0.6 is 0 Å². The van der Waals surface area contributed by atoms with Gasteiger partial charge < -0.3 is 5.11 Å². The van der Waals surface area contributed by atoms with E-state index in [1.807, 2.05) is 0 Å². The molecule has 22 heavy (non-hydrogen) atoms. The molecule has 2 nitrogen and oxygen atoms in total. The molecule has 1 N–H and O–H groups in total. The number of hydrogen-bond acceptors (Lipinski definition) is 2. The van der Waals surface area contributed by atoms with Gasteiger partial charge in [0.1, 0.15) is 5.76 Å². The van der Waals surface area contributed by atoms with Gasteiger partial charge in [-0.15, -0.1) is 0 Å². The molecule has 0 radical (unpaired) electrons. The highest BCUT2D eigenvalue weighted by Gasteiger charge is 2.83. The van der Waals surface area contributed by atoms with E-state index >= 15 is 0 Å². The summed E-state index contributed by atoms with van der Waals surface area (Å²) in [5.74, 6) is -24.8. The fourth-order valence-corrected chi connectivity index (χ4v) is 0.961. The van der Waals surface area contributed by atoms with Crippen molar-refractivity contribution in [3.8, 4) is 0 Å². The zero-order valence-corrected chi connectivity index (χ0v) is 11.3. The molecule has 0 aliphatic carbocycles. The number of carbonyl (C=O) groups excluding carboxylic acids is 1. The minimum Gasteiger partial charge on any atom is -0.512 e. The summed E-state index contributed by atoms with van der Waals surface area (Å²) >= 11 is 0. The van der Waals surface area contributed by atoms with Gasteiger partial charge in [-0.1, -0.05) is 20.8 Å². The highest BCUT2D eigenvalue weighted by Crippen LogP contribution is 2.53. The van der Waals surface area contributed by atoms with Gasteiger partial charge in [0.15, 0.2) is 0 Å². The lowest BCUT2D eigenvalue weighted by atomic mass is 9.91. The predicted octanol–water partition coefficient (Wildman–Crippen LogP) is 4.51. The second kappa shape index (κ2) is 5.34. The number of halogens is 9. The lowest BCUT2D eigenvalue weighted by molar-refractivity contribution is -0.387. The molecule has 0 fully saturated rings. The van der Waals surface area contributed by atoms with Crippen molar-refractivity contribution in [3.05, 3.63) is 11.8 Å². The van der Waals surface area contributed by atoms with E-state index in [-0.39, 0.29) is 0 Å². The average molecular weight is 346 g/mol. The van der Waals surface area contributed by atoms with Crippen molar-refractivity contribution in [2.45, 2.75) is 44.7 Å². The molecule has 0 spiro atoms. The number of carbonyl (C=O) groups is 1. The predicted molar refractivity (Wildman–Crippen MR) is 56.1 cm³/mol. The first-order chi connectivity index (χ1) is 9.30. The maximum atomic E-state index is 13.1. The second-order valence-electron chi connectivity index (χ2n) is 5.36. The van der Waals surface area contributed by atoms with Crippen LogP contribution in [0.25, 0.3) is 0 Å². The SMILES string of the molecule is CC(C)(C)/C(O)=C/C(=O)C(F)(F)C(F)(F)C(F)(F)C(F)(F)F. The zero-order chi connectivity index (χ0) is 18.4. The van der Waals surface area contributed by atoms with E-state index in [1.54, 1.807) is 0 Å². The third kappa shape index (κ3) is 3.32. The average Bonchev–Trinajstić information content (AvgIpc) is 2.25. The number of allylic oxidation sites excluding steroid dienone is 2. The minimum absolute atomic E-state index is 0.500. The van der Waals surface area contributed by atoms with E-state index in [4.69, 9.17) is 0 Å². The van der Waals surface area contributed by atoms with E-state index in [0.717, 1.165) is 20.8 Å². The van der Waals surface area contributed by atoms with Crippen molar-refractivity contribution < 1.29 is 49.4 Å². The van der Waals surface area contributed by atoms with E-state index in [9.17, 15) is 49.4 Å². The molecular formula is C11H11F9O2. The summed E-state index contributed by atoms with van der Waals surface area (Å²) in [6, 6.07) is 0. The van der Waals surface area contributed by atoms with Gasteiger partial charge in [0.25, 0.3) is 0 Å². The Hall–Kier alpha value is -1.42. The Balaban J connectivity index is 5.89. The lowest BCUT2D eigenvalue weighted by Gasteiger charge is -2.32. The fraction of sp³-hybridized carbons (Fsp3) is 0.727. The highest BCUT2D eigenvalue weighted by atomic mass is 19.4. The first-order valence-electron chi connectivity index (χ1n) is 5.46. The number of aliphatic hydroxyl groups excluding tert-OH is 1. The van der Waals surface area contributed by atoms with E-state index in [2.05, 4.69) is 0 Å². The first kappa shape index (κ1) is 20.6. The normalized spacial score (nSPS) is 15.9. The summed E-state index contributed by atoms with van der Waals surface area (Å²) in [6.45, 7) is 3.44. The van der Waals surface area contributed by atoms with Crippen LogP contribution in [0.5, 0.6) is 0 Å². The molecular weight excluding hydrogens is 335 g/mol. The van der Waals surface area contributed by atoms with Crippen LogP contribution in [0.1, 0.15) is 20.8 Å². The van der Waals surface area contributed by atoms with Gasteiger partial charge in [-0.3, -0.25) is 4.79 Å². The zero-order valence-electron chi connectivity index (χ0n) is 11.3.